The van der Waals surface area contributed by atoms with E-state index in [1.54, 1.807) is 31.2 Å². The lowest BCUT2D eigenvalue weighted by Crippen LogP contribution is -2.26. The molecule has 0 saturated heterocycles. The van der Waals surface area contributed by atoms with Gasteiger partial charge in [-0.2, -0.15) is 0 Å². The molecule has 1 N–H and O–H groups in total. The van der Waals surface area contributed by atoms with Gasteiger partial charge < -0.3 is 10.0 Å². The molecule has 0 fully saturated rings. The van der Waals surface area contributed by atoms with E-state index in [1.807, 2.05) is 42.5 Å². The van der Waals surface area contributed by atoms with Crippen LogP contribution in [0.15, 0.2) is 78.9 Å². The molecule has 0 bridgehead atoms. The molecule has 0 radical (unpaired) electrons. The maximum atomic E-state index is 10.8. The number of hydrogen-bond donors (Lipinski definition) is 1. The quantitative estimate of drug-likeness (QED) is 0.449. The number of nitro groups is 1. The van der Waals surface area contributed by atoms with E-state index in [-0.39, 0.29) is 10.6 Å². The first-order valence-electron chi connectivity index (χ1n) is 9.34. The van der Waals surface area contributed by atoms with Gasteiger partial charge in [-0.05, 0) is 30.5 Å². The van der Waals surface area contributed by atoms with Crippen LogP contribution in [0.2, 0.25) is 0 Å². The van der Waals surface area contributed by atoms with Crippen LogP contribution in [0.1, 0.15) is 29.7 Å². The number of non-ortho nitro benzene ring substituents is 1. The normalized spacial score (nSPS) is 11.8. The highest BCUT2D eigenvalue weighted by molar-refractivity contribution is 5.55. The Kier molecular flexibility index (Phi) is 6.40. The minimum absolute atomic E-state index is 0.101. The van der Waals surface area contributed by atoms with Crippen molar-refractivity contribution in [2.75, 3.05) is 11.4 Å². The summed E-state index contributed by atoms with van der Waals surface area (Å²) in [7, 11) is 0. The lowest BCUT2D eigenvalue weighted by atomic mass is 10.0. The number of hydrogen-bond acceptors (Lipinski definition) is 4. The molecular formula is C23H24N2O3. The molecular weight excluding hydrogens is 352 g/mol. The van der Waals surface area contributed by atoms with E-state index in [4.69, 9.17) is 0 Å². The van der Waals surface area contributed by atoms with Crippen LogP contribution < -0.4 is 4.90 Å². The SMILES string of the molecule is C[C@@H](O)c1ccccc1N(CCc1ccc([N+](=O)[O-])cc1)Cc1ccccc1. The van der Waals surface area contributed by atoms with Crippen LogP contribution in [0.5, 0.6) is 0 Å². The molecule has 3 aromatic carbocycles. The van der Waals surface area contributed by atoms with Crippen LogP contribution in [-0.2, 0) is 13.0 Å². The zero-order chi connectivity index (χ0) is 19.9. The van der Waals surface area contributed by atoms with Gasteiger partial charge in [0.2, 0.25) is 0 Å². The maximum absolute atomic E-state index is 10.8. The fourth-order valence-electron chi connectivity index (χ4n) is 3.27. The van der Waals surface area contributed by atoms with Crippen molar-refractivity contribution in [3.05, 3.63) is 106 Å². The molecule has 3 rings (SSSR count). The summed E-state index contributed by atoms with van der Waals surface area (Å²) < 4.78 is 0. The van der Waals surface area contributed by atoms with Crippen LogP contribution in [0.3, 0.4) is 0 Å². The number of nitrogens with zero attached hydrogens (tertiary/aromatic N) is 2. The molecule has 28 heavy (non-hydrogen) atoms. The number of nitro benzene ring substituents is 1. The standard InChI is InChI=1S/C23H24N2O3/c1-18(26)22-9-5-6-10-23(22)24(17-20-7-3-2-4-8-20)16-15-19-11-13-21(14-12-19)25(27)28/h2-14,18,26H,15-17H2,1H3/t18-/m1/s1. The summed E-state index contributed by atoms with van der Waals surface area (Å²) in [5, 5.41) is 21.0. The first-order chi connectivity index (χ1) is 13.5. The molecule has 1 atom stereocenters. The number of aliphatic hydroxyl groups excluding tert-OH is 1. The van der Waals surface area contributed by atoms with Crippen molar-refractivity contribution >= 4 is 11.4 Å². The molecule has 5 heteroatoms. The lowest BCUT2D eigenvalue weighted by molar-refractivity contribution is -0.384. The molecule has 0 saturated carbocycles. The average Bonchev–Trinajstić information content (AvgIpc) is 2.72. The molecule has 3 aromatic rings. The number of rotatable bonds is 8. The summed E-state index contributed by atoms with van der Waals surface area (Å²) in [6.07, 6.45) is 0.188. The van der Waals surface area contributed by atoms with Crippen molar-refractivity contribution in [3.8, 4) is 0 Å². The summed E-state index contributed by atoms with van der Waals surface area (Å²) in [6, 6.07) is 24.8. The summed E-state index contributed by atoms with van der Waals surface area (Å²) in [6.45, 7) is 3.23. The minimum Gasteiger partial charge on any atom is -0.389 e. The van der Waals surface area contributed by atoms with Crippen LogP contribution in [0.4, 0.5) is 11.4 Å². The van der Waals surface area contributed by atoms with Crippen molar-refractivity contribution in [2.45, 2.75) is 26.0 Å². The largest absolute Gasteiger partial charge is 0.389 e. The van der Waals surface area contributed by atoms with Gasteiger partial charge in [0.15, 0.2) is 0 Å². The van der Waals surface area contributed by atoms with Gasteiger partial charge in [-0.1, -0.05) is 60.7 Å². The molecule has 0 unspecified atom stereocenters. The second kappa shape index (κ2) is 9.15. The van der Waals surface area contributed by atoms with E-state index < -0.39 is 6.10 Å². The predicted octanol–water partition coefficient (Wildman–Crippen LogP) is 4.90. The van der Waals surface area contributed by atoms with E-state index in [0.717, 1.165) is 36.3 Å². The van der Waals surface area contributed by atoms with E-state index in [2.05, 4.69) is 17.0 Å². The molecule has 0 aliphatic carbocycles. The van der Waals surface area contributed by atoms with Gasteiger partial charge in [0, 0.05) is 36.5 Å². The van der Waals surface area contributed by atoms with Gasteiger partial charge in [0.1, 0.15) is 0 Å². The number of aliphatic hydroxyl groups is 1. The Bertz CT molecular complexity index is 909. The van der Waals surface area contributed by atoms with Gasteiger partial charge in [0.25, 0.3) is 5.69 Å². The fourth-order valence-corrected chi connectivity index (χ4v) is 3.27. The highest BCUT2D eigenvalue weighted by Gasteiger charge is 2.15. The van der Waals surface area contributed by atoms with Crippen LogP contribution >= 0.6 is 0 Å². The smallest absolute Gasteiger partial charge is 0.269 e. The first kappa shape index (κ1) is 19.6. The second-order valence-electron chi connectivity index (χ2n) is 6.82. The zero-order valence-corrected chi connectivity index (χ0v) is 15.9. The van der Waals surface area contributed by atoms with Gasteiger partial charge in [-0.3, -0.25) is 10.1 Å². The van der Waals surface area contributed by atoms with Crippen LogP contribution in [0.25, 0.3) is 0 Å². The first-order valence-corrected chi connectivity index (χ1v) is 9.34. The van der Waals surface area contributed by atoms with Gasteiger partial charge >= 0.3 is 0 Å². The van der Waals surface area contributed by atoms with E-state index in [9.17, 15) is 15.2 Å². The van der Waals surface area contributed by atoms with Crippen molar-refractivity contribution < 1.29 is 10.0 Å². The Morgan fingerprint density at radius 1 is 0.929 bits per heavy atom. The topological polar surface area (TPSA) is 66.6 Å². The summed E-state index contributed by atoms with van der Waals surface area (Å²) >= 11 is 0. The molecule has 144 valence electrons. The molecule has 0 heterocycles. The Balaban J connectivity index is 1.83. The van der Waals surface area contributed by atoms with Crippen LogP contribution in [-0.4, -0.2) is 16.6 Å². The number of anilines is 1. The third-order valence-corrected chi connectivity index (χ3v) is 4.76. The predicted molar refractivity (Wildman–Crippen MR) is 111 cm³/mol. The summed E-state index contributed by atoms with van der Waals surface area (Å²) in [4.78, 5) is 12.7. The van der Waals surface area contributed by atoms with Crippen molar-refractivity contribution in [1.29, 1.82) is 0 Å². The molecule has 0 aromatic heterocycles. The summed E-state index contributed by atoms with van der Waals surface area (Å²) in [5.41, 5.74) is 4.22. The van der Waals surface area contributed by atoms with Crippen molar-refractivity contribution in [3.63, 3.8) is 0 Å². The van der Waals surface area contributed by atoms with Crippen LogP contribution in [0, 0.1) is 10.1 Å². The third kappa shape index (κ3) is 4.96. The Morgan fingerprint density at radius 2 is 1.57 bits per heavy atom. The average molecular weight is 376 g/mol. The molecule has 0 aliphatic rings. The highest BCUT2D eigenvalue weighted by atomic mass is 16.6. The zero-order valence-electron chi connectivity index (χ0n) is 15.9. The monoisotopic (exact) mass is 376 g/mol. The molecule has 0 aliphatic heterocycles. The van der Waals surface area contributed by atoms with Crippen molar-refractivity contribution in [1.82, 2.24) is 0 Å². The third-order valence-electron chi connectivity index (χ3n) is 4.76. The Hall–Kier alpha value is -3.18. The molecule has 0 spiro atoms. The second-order valence-corrected chi connectivity index (χ2v) is 6.82. The van der Waals surface area contributed by atoms with E-state index >= 15 is 0 Å². The van der Waals surface area contributed by atoms with Gasteiger partial charge in [-0.25, -0.2) is 0 Å². The van der Waals surface area contributed by atoms with Gasteiger partial charge in [-0.15, -0.1) is 0 Å². The lowest BCUT2D eigenvalue weighted by Gasteiger charge is -2.28. The van der Waals surface area contributed by atoms with E-state index in [1.165, 1.54) is 5.56 Å². The highest BCUT2D eigenvalue weighted by Crippen LogP contribution is 2.28. The van der Waals surface area contributed by atoms with Crippen molar-refractivity contribution in [2.24, 2.45) is 0 Å². The molecule has 5 nitrogen and oxygen atoms in total. The summed E-state index contributed by atoms with van der Waals surface area (Å²) in [5.74, 6) is 0. The number of para-hydroxylation sites is 1. The Morgan fingerprint density at radius 3 is 2.21 bits per heavy atom. The number of benzene rings is 3. The fraction of sp³-hybridized carbons (Fsp3) is 0.217. The van der Waals surface area contributed by atoms with E-state index in [0.29, 0.717) is 0 Å². The maximum Gasteiger partial charge on any atom is 0.269 e. The minimum atomic E-state index is -0.561. The molecule has 0 amide bonds. The Labute approximate surface area is 165 Å². The van der Waals surface area contributed by atoms with Gasteiger partial charge in [0.05, 0.1) is 11.0 Å².